The molecular weight excluding hydrogens is 396 g/mol. The summed E-state index contributed by atoms with van der Waals surface area (Å²) in [6.45, 7) is 3.93. The third kappa shape index (κ3) is 4.63. The van der Waals surface area contributed by atoms with E-state index in [2.05, 4.69) is 25.5 Å². The summed E-state index contributed by atoms with van der Waals surface area (Å²) >= 11 is 5.76. The molecule has 5 nitrogen and oxygen atoms in total. The van der Waals surface area contributed by atoms with Crippen molar-refractivity contribution in [2.24, 2.45) is 0 Å². The maximum absolute atomic E-state index is 14.1. The zero-order valence-corrected chi connectivity index (χ0v) is 16.4. The SMILES string of the molecule is Fc1cc(Cl)ccc1CNc1nc(-c2ccc(N3CCNCC3)cc2)ncc1F. The number of benzene rings is 2. The van der Waals surface area contributed by atoms with Crippen LogP contribution in [0.3, 0.4) is 0 Å². The second kappa shape index (κ2) is 8.71. The lowest BCUT2D eigenvalue weighted by molar-refractivity contribution is 0.589. The zero-order valence-electron chi connectivity index (χ0n) is 15.6. The molecule has 0 atom stereocenters. The first-order chi connectivity index (χ1) is 14.1. The summed E-state index contributed by atoms with van der Waals surface area (Å²) in [6, 6.07) is 12.2. The third-order valence-electron chi connectivity index (χ3n) is 4.81. The first-order valence-electron chi connectivity index (χ1n) is 9.36. The van der Waals surface area contributed by atoms with Gasteiger partial charge in [0.25, 0.3) is 0 Å². The molecule has 29 heavy (non-hydrogen) atoms. The van der Waals surface area contributed by atoms with Gasteiger partial charge in [-0.05, 0) is 36.4 Å². The Bertz CT molecular complexity index is 991. The Morgan fingerprint density at radius 3 is 2.52 bits per heavy atom. The zero-order chi connectivity index (χ0) is 20.2. The molecule has 0 radical (unpaired) electrons. The fourth-order valence-electron chi connectivity index (χ4n) is 3.22. The Labute approximate surface area is 172 Å². The maximum Gasteiger partial charge on any atom is 0.183 e. The van der Waals surface area contributed by atoms with Crippen LogP contribution in [-0.4, -0.2) is 36.1 Å². The molecule has 0 aliphatic carbocycles. The van der Waals surface area contributed by atoms with E-state index in [9.17, 15) is 8.78 Å². The minimum absolute atomic E-state index is 0.0236. The third-order valence-corrected chi connectivity index (χ3v) is 5.05. The van der Waals surface area contributed by atoms with E-state index in [4.69, 9.17) is 11.6 Å². The number of piperazine rings is 1. The summed E-state index contributed by atoms with van der Waals surface area (Å²) in [6.07, 6.45) is 1.12. The second-order valence-corrected chi connectivity index (χ2v) is 7.20. The number of halogens is 3. The summed E-state index contributed by atoms with van der Waals surface area (Å²) in [5.74, 6) is -0.628. The molecule has 2 aromatic carbocycles. The summed E-state index contributed by atoms with van der Waals surface area (Å²) < 4.78 is 28.1. The highest BCUT2D eigenvalue weighted by Crippen LogP contribution is 2.23. The van der Waals surface area contributed by atoms with Crippen molar-refractivity contribution in [2.45, 2.75) is 6.54 Å². The van der Waals surface area contributed by atoms with Gasteiger partial charge >= 0.3 is 0 Å². The van der Waals surface area contributed by atoms with E-state index in [-0.39, 0.29) is 12.4 Å². The predicted molar refractivity (Wildman–Crippen MR) is 111 cm³/mol. The molecule has 0 saturated carbocycles. The summed E-state index contributed by atoms with van der Waals surface area (Å²) in [5, 5.41) is 6.48. The highest BCUT2D eigenvalue weighted by molar-refractivity contribution is 6.30. The molecule has 1 fully saturated rings. The van der Waals surface area contributed by atoms with Crippen molar-refractivity contribution in [3.05, 3.63) is 70.9 Å². The molecular formula is C21H20ClF2N5. The average Bonchev–Trinajstić information content (AvgIpc) is 2.75. The number of rotatable bonds is 5. The van der Waals surface area contributed by atoms with Crippen molar-refractivity contribution in [2.75, 3.05) is 36.4 Å². The molecule has 0 unspecified atom stereocenters. The van der Waals surface area contributed by atoms with Crippen molar-refractivity contribution in [3.8, 4) is 11.4 Å². The van der Waals surface area contributed by atoms with Crippen molar-refractivity contribution < 1.29 is 8.78 Å². The van der Waals surface area contributed by atoms with Crippen molar-refractivity contribution >= 4 is 23.1 Å². The lowest BCUT2D eigenvalue weighted by atomic mass is 10.1. The fraction of sp³-hybridized carbons (Fsp3) is 0.238. The van der Waals surface area contributed by atoms with Crippen LogP contribution >= 0.6 is 11.6 Å². The van der Waals surface area contributed by atoms with Gasteiger partial charge in [-0.3, -0.25) is 0 Å². The van der Waals surface area contributed by atoms with Gasteiger partial charge in [-0.2, -0.15) is 0 Å². The van der Waals surface area contributed by atoms with Crippen LogP contribution in [0.15, 0.2) is 48.7 Å². The Balaban J connectivity index is 1.50. The van der Waals surface area contributed by atoms with Crippen LogP contribution in [0.5, 0.6) is 0 Å². The molecule has 8 heteroatoms. The van der Waals surface area contributed by atoms with Crippen LogP contribution in [0.1, 0.15) is 5.56 Å². The molecule has 0 bridgehead atoms. The molecule has 0 spiro atoms. The van der Waals surface area contributed by atoms with Crippen LogP contribution in [0.2, 0.25) is 5.02 Å². The smallest absolute Gasteiger partial charge is 0.183 e. The van der Waals surface area contributed by atoms with E-state index in [1.165, 1.54) is 6.07 Å². The molecule has 4 rings (SSSR count). The second-order valence-electron chi connectivity index (χ2n) is 6.76. The highest BCUT2D eigenvalue weighted by Gasteiger charge is 2.13. The standard InChI is InChI=1S/C21H20ClF2N5/c22-16-4-1-15(18(23)11-16)12-26-21-19(24)13-27-20(28-21)14-2-5-17(6-3-14)29-9-7-25-8-10-29/h1-6,11,13,25H,7-10,12H2,(H,26,27,28). The van der Waals surface area contributed by atoms with E-state index >= 15 is 0 Å². The summed E-state index contributed by atoms with van der Waals surface area (Å²) in [4.78, 5) is 10.7. The van der Waals surface area contributed by atoms with Crippen molar-refractivity contribution in [1.82, 2.24) is 15.3 Å². The number of nitrogens with zero attached hydrogens (tertiary/aromatic N) is 3. The monoisotopic (exact) mass is 415 g/mol. The first kappa shape index (κ1) is 19.5. The molecule has 2 heterocycles. The molecule has 1 aromatic heterocycles. The van der Waals surface area contributed by atoms with Gasteiger partial charge in [0.2, 0.25) is 0 Å². The van der Waals surface area contributed by atoms with Crippen LogP contribution < -0.4 is 15.5 Å². The number of anilines is 2. The Kier molecular flexibility index (Phi) is 5.87. The number of aromatic nitrogens is 2. The van der Waals surface area contributed by atoms with E-state index in [0.29, 0.717) is 16.4 Å². The van der Waals surface area contributed by atoms with Crippen LogP contribution in [0.4, 0.5) is 20.3 Å². The van der Waals surface area contributed by atoms with Crippen LogP contribution in [-0.2, 0) is 6.54 Å². The minimum Gasteiger partial charge on any atom is -0.369 e. The van der Waals surface area contributed by atoms with Gasteiger partial charge in [-0.25, -0.2) is 18.7 Å². The maximum atomic E-state index is 14.1. The molecule has 1 saturated heterocycles. The first-order valence-corrected chi connectivity index (χ1v) is 9.74. The number of hydrogen-bond acceptors (Lipinski definition) is 5. The molecule has 1 aliphatic rings. The molecule has 0 amide bonds. The molecule has 3 aromatic rings. The lowest BCUT2D eigenvalue weighted by Crippen LogP contribution is -2.43. The van der Waals surface area contributed by atoms with Gasteiger partial charge in [0, 0.05) is 54.6 Å². The van der Waals surface area contributed by atoms with Gasteiger partial charge in [0.1, 0.15) is 5.82 Å². The molecule has 2 N–H and O–H groups in total. The van der Waals surface area contributed by atoms with Crippen molar-refractivity contribution in [1.29, 1.82) is 0 Å². The van der Waals surface area contributed by atoms with Gasteiger partial charge in [0.05, 0.1) is 6.20 Å². The van der Waals surface area contributed by atoms with Crippen molar-refractivity contribution in [3.63, 3.8) is 0 Å². The average molecular weight is 416 g/mol. The van der Waals surface area contributed by atoms with Gasteiger partial charge in [-0.15, -0.1) is 0 Å². The summed E-state index contributed by atoms with van der Waals surface area (Å²) in [7, 11) is 0. The number of hydrogen-bond donors (Lipinski definition) is 2. The van der Waals surface area contributed by atoms with Crippen LogP contribution in [0, 0.1) is 11.6 Å². The van der Waals surface area contributed by atoms with E-state index in [1.807, 2.05) is 24.3 Å². The minimum atomic E-state index is -0.597. The number of nitrogens with one attached hydrogen (secondary N) is 2. The normalized spacial score (nSPS) is 14.1. The van der Waals surface area contributed by atoms with Gasteiger partial charge < -0.3 is 15.5 Å². The Morgan fingerprint density at radius 1 is 1.03 bits per heavy atom. The van der Waals surface area contributed by atoms with E-state index in [0.717, 1.165) is 43.6 Å². The van der Waals surface area contributed by atoms with Crippen LogP contribution in [0.25, 0.3) is 11.4 Å². The predicted octanol–water partition coefficient (Wildman–Crippen LogP) is 4.10. The van der Waals surface area contributed by atoms with Gasteiger partial charge in [-0.1, -0.05) is 17.7 Å². The molecule has 1 aliphatic heterocycles. The fourth-order valence-corrected chi connectivity index (χ4v) is 3.38. The molecule has 150 valence electrons. The van der Waals surface area contributed by atoms with Gasteiger partial charge in [0.15, 0.2) is 17.5 Å². The topological polar surface area (TPSA) is 53.1 Å². The summed E-state index contributed by atoms with van der Waals surface area (Å²) in [5.41, 5.74) is 2.29. The van der Waals surface area contributed by atoms with E-state index in [1.54, 1.807) is 12.1 Å². The Hall–Kier alpha value is -2.77. The van der Waals surface area contributed by atoms with E-state index < -0.39 is 11.6 Å². The highest BCUT2D eigenvalue weighted by atomic mass is 35.5. The largest absolute Gasteiger partial charge is 0.369 e. The Morgan fingerprint density at radius 2 is 1.79 bits per heavy atom. The quantitative estimate of drug-likeness (QED) is 0.657. The lowest BCUT2D eigenvalue weighted by Gasteiger charge is -2.29.